The minimum absolute atomic E-state index is 0.00218. The van der Waals surface area contributed by atoms with Gasteiger partial charge in [-0.1, -0.05) is 6.58 Å². The molecule has 8 heteroatoms. The average Bonchev–Trinajstić information content (AvgIpc) is 2.27. The van der Waals surface area contributed by atoms with Crippen LogP contribution >= 0.6 is 0 Å². The highest BCUT2D eigenvalue weighted by Gasteiger charge is 2.19. The van der Waals surface area contributed by atoms with Crippen LogP contribution in [0.2, 0.25) is 0 Å². The molecule has 1 atom stereocenters. The first-order chi connectivity index (χ1) is 7.99. The molecule has 0 aromatic carbocycles. The van der Waals surface area contributed by atoms with E-state index in [9.17, 15) is 9.59 Å². The number of carboxylic acid groups (broad SMARTS) is 2. The fourth-order valence-electron chi connectivity index (χ4n) is 0.745. The summed E-state index contributed by atoms with van der Waals surface area (Å²) in [5.74, 6) is -3.36. The van der Waals surface area contributed by atoms with Gasteiger partial charge in [-0.2, -0.15) is 0 Å². The van der Waals surface area contributed by atoms with Crippen LogP contribution in [0.15, 0.2) is 25.2 Å². The van der Waals surface area contributed by atoms with Crippen LogP contribution in [0.5, 0.6) is 0 Å². The predicted molar refractivity (Wildman–Crippen MR) is 54.8 cm³/mol. The van der Waals surface area contributed by atoms with Gasteiger partial charge >= 0.3 is 11.9 Å². The van der Waals surface area contributed by atoms with E-state index < -0.39 is 24.3 Å². The second kappa shape index (κ2) is 12.0. The number of hydrogen-bond donors (Lipinski definition) is 4. The second-order valence-corrected chi connectivity index (χ2v) is 2.62. The van der Waals surface area contributed by atoms with Gasteiger partial charge in [-0.15, -0.1) is 0 Å². The van der Waals surface area contributed by atoms with Crippen molar-refractivity contribution in [2.45, 2.75) is 12.8 Å². The van der Waals surface area contributed by atoms with E-state index in [2.05, 4.69) is 16.4 Å². The lowest BCUT2D eigenvalue weighted by atomic mass is 10.0. The van der Waals surface area contributed by atoms with Gasteiger partial charge in [0.25, 0.3) is 0 Å². The molecular formula is C9H14O8. The second-order valence-electron chi connectivity index (χ2n) is 2.62. The Hall–Kier alpha value is -2.06. The zero-order valence-electron chi connectivity index (χ0n) is 8.85. The quantitative estimate of drug-likeness (QED) is 0.300. The van der Waals surface area contributed by atoms with Gasteiger partial charge in [0, 0.05) is 0 Å². The summed E-state index contributed by atoms with van der Waals surface area (Å²) in [6.45, 7) is 3.01. The molecule has 0 fully saturated rings. The highest BCUT2D eigenvalue weighted by Crippen LogP contribution is 2.09. The number of carboxylic acids is 2. The Bertz CT molecular complexity index is 260. The van der Waals surface area contributed by atoms with Crippen molar-refractivity contribution < 1.29 is 40.1 Å². The van der Waals surface area contributed by atoms with Gasteiger partial charge in [-0.25, -0.2) is 10.5 Å². The molecule has 0 bridgehead atoms. The van der Waals surface area contributed by atoms with Gasteiger partial charge in [0.2, 0.25) is 0 Å². The summed E-state index contributed by atoms with van der Waals surface area (Å²) in [6.07, 6.45) is 2.60. The highest BCUT2D eigenvalue weighted by atomic mass is 17.1. The van der Waals surface area contributed by atoms with Gasteiger partial charge in [0.15, 0.2) is 0 Å². The van der Waals surface area contributed by atoms with Crippen molar-refractivity contribution in [3.8, 4) is 0 Å². The van der Waals surface area contributed by atoms with Crippen molar-refractivity contribution in [1.82, 2.24) is 0 Å². The summed E-state index contributed by atoms with van der Waals surface area (Å²) in [4.78, 5) is 27.5. The van der Waals surface area contributed by atoms with Crippen LogP contribution in [-0.4, -0.2) is 32.7 Å². The first-order valence-electron chi connectivity index (χ1n) is 4.30. The molecule has 0 aromatic rings. The lowest BCUT2D eigenvalue weighted by Crippen LogP contribution is -2.16. The van der Waals surface area contributed by atoms with Crippen LogP contribution in [-0.2, 0) is 19.4 Å². The first kappa shape index (κ1) is 17.3. The van der Waals surface area contributed by atoms with E-state index in [0.717, 1.165) is 12.5 Å². The largest absolute Gasteiger partial charge is 0.481 e. The van der Waals surface area contributed by atoms with E-state index in [1.165, 1.54) is 6.08 Å². The summed E-state index contributed by atoms with van der Waals surface area (Å²) in [6, 6.07) is 0. The molecule has 0 saturated carbocycles. The van der Waals surface area contributed by atoms with Gasteiger partial charge < -0.3 is 20.0 Å². The Morgan fingerprint density at radius 1 is 1.24 bits per heavy atom. The first-order valence-corrected chi connectivity index (χ1v) is 4.30. The number of rotatable bonds is 7. The molecule has 1 unspecified atom stereocenters. The molecule has 0 radical (unpaired) electrons. The molecule has 0 aromatic heterocycles. The van der Waals surface area contributed by atoms with Crippen LogP contribution in [0.3, 0.4) is 0 Å². The highest BCUT2D eigenvalue weighted by molar-refractivity contribution is 5.77. The number of carbonyl (C=O) groups is 2. The van der Waals surface area contributed by atoms with E-state index in [-0.39, 0.29) is 6.42 Å². The fourth-order valence-corrected chi connectivity index (χ4v) is 0.745. The topological polar surface area (TPSA) is 134 Å². The Labute approximate surface area is 96.9 Å². The van der Waals surface area contributed by atoms with Gasteiger partial charge in [0.05, 0.1) is 12.3 Å². The maximum atomic E-state index is 10.4. The van der Waals surface area contributed by atoms with Crippen molar-refractivity contribution >= 4 is 11.9 Å². The number of allylic oxidation sites excluding steroid dienone is 1. The number of aliphatic carboxylic acids is 2. The molecule has 0 aliphatic rings. The molecule has 0 heterocycles. The smallest absolute Gasteiger partial charge is 0.307 e. The Balaban J connectivity index is 0. The molecule has 8 nitrogen and oxygen atoms in total. The van der Waals surface area contributed by atoms with E-state index in [4.69, 9.17) is 20.7 Å². The monoisotopic (exact) mass is 250 g/mol. The molecule has 0 aliphatic carbocycles. The number of hydrogen-bond acceptors (Lipinski definition) is 6. The minimum Gasteiger partial charge on any atom is -0.481 e. The third-order valence-electron chi connectivity index (χ3n) is 1.42. The maximum absolute atomic E-state index is 10.4. The normalized spacial score (nSPS) is 10.9. The molecule has 0 spiro atoms. The standard InChI is InChI=1S/C7H10O6.C2H4O2/c8-6(9)4-5(7(10)11)2-1-3-13-12;1-2-4-3/h1,3,5,12H,2,4H2,(H,8,9)(H,10,11);2-3H,1H2. The lowest BCUT2D eigenvalue weighted by molar-refractivity contribution is -0.186. The molecule has 0 rings (SSSR count). The fraction of sp³-hybridized carbons (Fsp3) is 0.333. The molecule has 0 aliphatic heterocycles. The average molecular weight is 250 g/mol. The van der Waals surface area contributed by atoms with Crippen molar-refractivity contribution in [3.63, 3.8) is 0 Å². The Kier molecular flexibility index (Phi) is 12.3. The SMILES string of the molecule is C=COO.O=C(O)CC(CC=COO)C(=O)O. The van der Waals surface area contributed by atoms with Crippen LogP contribution in [0.1, 0.15) is 12.8 Å². The maximum Gasteiger partial charge on any atom is 0.307 e. The summed E-state index contributed by atoms with van der Waals surface area (Å²) >= 11 is 0. The summed E-state index contributed by atoms with van der Waals surface area (Å²) in [7, 11) is 0. The van der Waals surface area contributed by atoms with Gasteiger partial charge in [-0.3, -0.25) is 9.59 Å². The Morgan fingerprint density at radius 2 is 1.76 bits per heavy atom. The van der Waals surface area contributed by atoms with E-state index in [1.54, 1.807) is 0 Å². The van der Waals surface area contributed by atoms with E-state index in [0.29, 0.717) is 0 Å². The van der Waals surface area contributed by atoms with Crippen LogP contribution in [0, 0.1) is 5.92 Å². The summed E-state index contributed by atoms with van der Waals surface area (Å²) in [5, 5.41) is 31.9. The van der Waals surface area contributed by atoms with Crippen molar-refractivity contribution in [2.75, 3.05) is 0 Å². The van der Waals surface area contributed by atoms with E-state index in [1.807, 2.05) is 0 Å². The lowest BCUT2D eigenvalue weighted by Gasteiger charge is -2.04. The van der Waals surface area contributed by atoms with Crippen LogP contribution in [0.25, 0.3) is 0 Å². The minimum atomic E-state index is -1.19. The van der Waals surface area contributed by atoms with Gasteiger partial charge in [0.1, 0.15) is 12.5 Å². The zero-order valence-corrected chi connectivity index (χ0v) is 8.85. The third kappa shape index (κ3) is 13.9. The molecule has 0 amide bonds. The van der Waals surface area contributed by atoms with Crippen LogP contribution in [0.4, 0.5) is 0 Å². The molecule has 0 saturated heterocycles. The summed E-state index contributed by atoms with van der Waals surface area (Å²) < 4.78 is 0. The molecule has 17 heavy (non-hydrogen) atoms. The van der Waals surface area contributed by atoms with Crippen molar-refractivity contribution in [3.05, 3.63) is 25.2 Å². The van der Waals surface area contributed by atoms with Crippen molar-refractivity contribution in [1.29, 1.82) is 0 Å². The predicted octanol–water partition coefficient (Wildman–Crippen LogP) is 1.17. The molecule has 4 N–H and O–H groups in total. The van der Waals surface area contributed by atoms with E-state index >= 15 is 0 Å². The molecular weight excluding hydrogens is 236 g/mol. The van der Waals surface area contributed by atoms with Gasteiger partial charge in [-0.05, 0) is 12.5 Å². The third-order valence-corrected chi connectivity index (χ3v) is 1.42. The summed E-state index contributed by atoms with van der Waals surface area (Å²) in [5.41, 5.74) is 0. The zero-order chi connectivity index (χ0) is 13.7. The molecule has 98 valence electrons. The Morgan fingerprint density at radius 3 is 2.06 bits per heavy atom. The van der Waals surface area contributed by atoms with Crippen molar-refractivity contribution in [2.24, 2.45) is 5.92 Å². The van der Waals surface area contributed by atoms with Crippen LogP contribution < -0.4 is 0 Å².